The summed E-state index contributed by atoms with van der Waals surface area (Å²) >= 11 is 0. The van der Waals surface area contributed by atoms with Gasteiger partial charge < -0.3 is 19.3 Å². The summed E-state index contributed by atoms with van der Waals surface area (Å²) in [5.74, 6) is 0.969. The Kier molecular flexibility index (Phi) is 7.49. The number of hydrogen-bond acceptors (Lipinski definition) is 6. The van der Waals surface area contributed by atoms with Crippen molar-refractivity contribution in [3.05, 3.63) is 47.5 Å². The second-order valence-corrected chi connectivity index (χ2v) is 5.36. The maximum Gasteiger partial charge on any atom is 0.271 e. The van der Waals surface area contributed by atoms with E-state index in [0.29, 0.717) is 48.2 Å². The molecule has 2 aromatic carbocycles. The Morgan fingerprint density at radius 3 is 2.19 bits per heavy atom. The highest BCUT2D eigenvalue weighted by Crippen LogP contribution is 2.39. The average Bonchev–Trinajstić information content (AvgIpc) is 2.66. The lowest BCUT2D eigenvalue weighted by atomic mass is 10.1. The van der Waals surface area contributed by atoms with E-state index in [4.69, 9.17) is 14.2 Å². The molecule has 27 heavy (non-hydrogen) atoms. The third-order valence-corrected chi connectivity index (χ3v) is 3.48. The number of hydrogen-bond donors (Lipinski definition) is 2. The summed E-state index contributed by atoms with van der Waals surface area (Å²) in [6.45, 7) is 6.83. The van der Waals surface area contributed by atoms with E-state index in [-0.39, 0.29) is 5.75 Å². The van der Waals surface area contributed by atoms with E-state index in [9.17, 15) is 9.90 Å². The number of rotatable bonds is 9. The van der Waals surface area contributed by atoms with Crippen molar-refractivity contribution in [2.45, 2.75) is 20.8 Å². The molecule has 2 aromatic rings. The topological polar surface area (TPSA) is 89.4 Å². The zero-order valence-electron chi connectivity index (χ0n) is 15.7. The monoisotopic (exact) mass is 372 g/mol. The van der Waals surface area contributed by atoms with Crippen LogP contribution < -0.4 is 19.6 Å². The molecule has 2 N–H and O–H groups in total. The van der Waals surface area contributed by atoms with Gasteiger partial charge in [0.2, 0.25) is 5.75 Å². The minimum atomic E-state index is -0.438. The Morgan fingerprint density at radius 2 is 1.63 bits per heavy atom. The second kappa shape index (κ2) is 10.1. The molecule has 0 fully saturated rings. The molecule has 0 atom stereocenters. The molecule has 0 aromatic heterocycles. The van der Waals surface area contributed by atoms with Gasteiger partial charge in [-0.3, -0.25) is 4.79 Å². The van der Waals surface area contributed by atoms with Crippen molar-refractivity contribution >= 4 is 12.1 Å². The third-order valence-electron chi connectivity index (χ3n) is 3.48. The van der Waals surface area contributed by atoms with Crippen LogP contribution in [0.25, 0.3) is 0 Å². The van der Waals surface area contributed by atoms with Gasteiger partial charge in [-0.1, -0.05) is 12.1 Å². The Hall–Kier alpha value is -3.22. The quantitative estimate of drug-likeness (QED) is 0.520. The lowest BCUT2D eigenvalue weighted by Gasteiger charge is -2.16. The van der Waals surface area contributed by atoms with Gasteiger partial charge in [-0.15, -0.1) is 0 Å². The van der Waals surface area contributed by atoms with E-state index in [2.05, 4.69) is 10.5 Å². The van der Waals surface area contributed by atoms with Crippen LogP contribution in [0.5, 0.6) is 23.0 Å². The van der Waals surface area contributed by atoms with Crippen molar-refractivity contribution in [3.63, 3.8) is 0 Å². The molecule has 2 rings (SSSR count). The van der Waals surface area contributed by atoms with Crippen LogP contribution in [0.3, 0.4) is 0 Å². The van der Waals surface area contributed by atoms with Crippen molar-refractivity contribution in [1.82, 2.24) is 5.43 Å². The summed E-state index contributed by atoms with van der Waals surface area (Å²) in [7, 11) is 0. The number of nitrogens with zero attached hydrogens (tertiary/aromatic N) is 1. The first-order chi connectivity index (χ1) is 13.1. The molecule has 0 aliphatic carbocycles. The van der Waals surface area contributed by atoms with Gasteiger partial charge in [0.1, 0.15) is 5.75 Å². The maximum atomic E-state index is 12.5. The number of carbonyl (C=O) groups excluding carboxylic acids is 1. The predicted molar refractivity (Wildman–Crippen MR) is 103 cm³/mol. The number of phenols is 1. The molecule has 0 aliphatic heterocycles. The van der Waals surface area contributed by atoms with E-state index < -0.39 is 5.91 Å². The molecule has 0 unspecified atom stereocenters. The molecule has 1 amide bonds. The van der Waals surface area contributed by atoms with Gasteiger partial charge >= 0.3 is 0 Å². The van der Waals surface area contributed by atoms with Crippen LogP contribution in [0.15, 0.2) is 41.5 Å². The average molecular weight is 372 g/mol. The lowest BCUT2D eigenvalue weighted by Crippen LogP contribution is -2.18. The summed E-state index contributed by atoms with van der Waals surface area (Å²) in [5.41, 5.74) is 3.25. The zero-order valence-corrected chi connectivity index (χ0v) is 15.7. The van der Waals surface area contributed by atoms with Crippen molar-refractivity contribution in [1.29, 1.82) is 0 Å². The van der Waals surface area contributed by atoms with Gasteiger partial charge in [0.25, 0.3) is 5.91 Å². The van der Waals surface area contributed by atoms with E-state index in [1.165, 1.54) is 6.21 Å². The molecule has 144 valence electrons. The first-order valence-corrected chi connectivity index (χ1v) is 8.78. The van der Waals surface area contributed by atoms with Gasteiger partial charge in [-0.2, -0.15) is 5.10 Å². The van der Waals surface area contributed by atoms with Crippen LogP contribution in [-0.2, 0) is 0 Å². The summed E-state index contributed by atoms with van der Waals surface area (Å²) in [6, 6.07) is 9.86. The fourth-order valence-corrected chi connectivity index (χ4v) is 2.34. The SMILES string of the molecule is CCOc1cc(C(=O)N/N=C/c2ccccc2O)cc(OCC)c1OCC. The standard InChI is InChI=1S/C20H24N2O5/c1-4-25-17-11-15(12-18(26-5-2)19(17)27-6-3)20(24)22-21-13-14-9-7-8-10-16(14)23/h7-13,23H,4-6H2,1-3H3,(H,22,24)/b21-13+. The number of nitrogens with one attached hydrogen (secondary N) is 1. The molecule has 0 aliphatic rings. The number of para-hydroxylation sites is 1. The summed E-state index contributed by atoms with van der Waals surface area (Å²) in [4.78, 5) is 12.5. The number of benzene rings is 2. The molecule has 0 spiro atoms. The highest BCUT2D eigenvalue weighted by molar-refractivity contribution is 5.96. The Balaban J connectivity index is 2.25. The van der Waals surface area contributed by atoms with Crippen LogP contribution in [0, 0.1) is 0 Å². The minimum Gasteiger partial charge on any atom is -0.507 e. The first-order valence-electron chi connectivity index (χ1n) is 8.78. The highest BCUT2D eigenvalue weighted by atomic mass is 16.5. The number of amides is 1. The first kappa shape index (κ1) is 20.1. The van der Waals surface area contributed by atoms with Crippen molar-refractivity contribution in [2.24, 2.45) is 5.10 Å². The van der Waals surface area contributed by atoms with E-state index >= 15 is 0 Å². The fourth-order valence-electron chi connectivity index (χ4n) is 2.34. The molecule has 0 radical (unpaired) electrons. The van der Waals surface area contributed by atoms with Crippen molar-refractivity contribution < 1.29 is 24.1 Å². The molecule has 7 heteroatoms. The molecule has 0 saturated carbocycles. The van der Waals surface area contributed by atoms with Crippen molar-refractivity contribution in [2.75, 3.05) is 19.8 Å². The van der Waals surface area contributed by atoms with Crippen LogP contribution >= 0.6 is 0 Å². The van der Waals surface area contributed by atoms with Gasteiger partial charge in [0.05, 0.1) is 26.0 Å². The summed E-state index contributed by atoms with van der Waals surface area (Å²) < 4.78 is 16.8. The highest BCUT2D eigenvalue weighted by Gasteiger charge is 2.18. The number of aromatic hydroxyl groups is 1. The third kappa shape index (κ3) is 5.37. The van der Waals surface area contributed by atoms with Gasteiger partial charge in [-0.25, -0.2) is 5.43 Å². The van der Waals surface area contributed by atoms with Gasteiger partial charge in [-0.05, 0) is 45.0 Å². The molecular weight excluding hydrogens is 348 g/mol. The number of phenolic OH excluding ortho intramolecular Hbond substituents is 1. The predicted octanol–water partition coefficient (Wildman–Crippen LogP) is 3.35. The smallest absolute Gasteiger partial charge is 0.271 e. The van der Waals surface area contributed by atoms with Crippen LogP contribution in [0.1, 0.15) is 36.7 Å². The second-order valence-electron chi connectivity index (χ2n) is 5.36. The Labute approximate surface area is 158 Å². The fraction of sp³-hybridized carbons (Fsp3) is 0.300. The number of carbonyl (C=O) groups is 1. The minimum absolute atomic E-state index is 0.0776. The largest absolute Gasteiger partial charge is 0.507 e. The molecule has 0 bridgehead atoms. The van der Waals surface area contributed by atoms with E-state index in [0.717, 1.165) is 0 Å². The Bertz CT molecular complexity index is 778. The number of ether oxygens (including phenoxy) is 3. The summed E-state index contributed by atoms with van der Waals surface area (Å²) in [5, 5.41) is 13.6. The van der Waals surface area contributed by atoms with Crippen molar-refractivity contribution in [3.8, 4) is 23.0 Å². The van der Waals surface area contributed by atoms with Crippen LogP contribution in [0.2, 0.25) is 0 Å². The molecular formula is C20H24N2O5. The normalized spacial score (nSPS) is 10.6. The van der Waals surface area contributed by atoms with Gasteiger partial charge in [0.15, 0.2) is 11.5 Å². The zero-order chi connectivity index (χ0) is 19.6. The lowest BCUT2D eigenvalue weighted by molar-refractivity contribution is 0.0954. The van der Waals surface area contributed by atoms with E-state index in [1.807, 2.05) is 20.8 Å². The van der Waals surface area contributed by atoms with Gasteiger partial charge in [0, 0.05) is 11.1 Å². The maximum absolute atomic E-state index is 12.5. The molecule has 0 heterocycles. The Morgan fingerprint density at radius 1 is 1.04 bits per heavy atom. The van der Waals surface area contributed by atoms with Crippen LogP contribution in [-0.4, -0.2) is 37.0 Å². The van der Waals surface area contributed by atoms with Crippen LogP contribution in [0.4, 0.5) is 0 Å². The number of hydrazone groups is 1. The van der Waals surface area contributed by atoms with E-state index in [1.54, 1.807) is 36.4 Å². The summed E-state index contributed by atoms with van der Waals surface area (Å²) in [6.07, 6.45) is 1.37. The molecule has 0 saturated heterocycles. The molecule has 7 nitrogen and oxygen atoms in total.